The summed E-state index contributed by atoms with van der Waals surface area (Å²) in [4.78, 5) is 16.0. The fraction of sp³-hybridized carbons (Fsp3) is 0.200. The van der Waals surface area contributed by atoms with Crippen molar-refractivity contribution in [3.8, 4) is 0 Å². The molecule has 1 heterocycles. The Kier molecular flexibility index (Phi) is 5.61. The normalized spacial score (nSPS) is 10.3. The number of benzene rings is 2. The third-order valence-electron chi connectivity index (χ3n) is 4.11. The molecule has 0 radical (unpaired) electrons. The summed E-state index contributed by atoms with van der Waals surface area (Å²) >= 11 is 0. The number of esters is 1. The van der Waals surface area contributed by atoms with Gasteiger partial charge >= 0.3 is 5.97 Å². The number of rotatable bonds is 6. The van der Waals surface area contributed by atoms with Gasteiger partial charge in [0.05, 0.1) is 18.9 Å². The Hall–Kier alpha value is -3.48. The second-order valence-electron chi connectivity index (χ2n) is 5.95. The minimum Gasteiger partial charge on any atom is -0.465 e. The molecule has 2 N–H and O–H groups in total. The molecule has 0 aliphatic heterocycles. The fourth-order valence-corrected chi connectivity index (χ4v) is 2.68. The van der Waals surface area contributed by atoms with Crippen molar-refractivity contribution in [2.24, 2.45) is 0 Å². The summed E-state index contributed by atoms with van der Waals surface area (Å²) in [6, 6.07) is 13.0. The first-order valence-corrected chi connectivity index (χ1v) is 8.61. The molecule has 0 bridgehead atoms. The van der Waals surface area contributed by atoms with E-state index in [1.165, 1.54) is 12.7 Å². The first-order chi connectivity index (χ1) is 13.1. The molecule has 138 valence electrons. The number of para-hydroxylation sites is 1. The van der Waals surface area contributed by atoms with Crippen LogP contribution in [-0.4, -0.2) is 28.3 Å². The van der Waals surface area contributed by atoms with Crippen molar-refractivity contribution in [2.75, 3.05) is 17.7 Å². The molecule has 0 aliphatic rings. The van der Waals surface area contributed by atoms with Crippen LogP contribution in [0.4, 0.5) is 23.1 Å². The molecule has 0 aliphatic carbocycles. The minimum atomic E-state index is -0.379. The molecule has 2 aromatic carbocycles. The molecule has 0 saturated carbocycles. The topological polar surface area (TPSA) is 89.0 Å². The molecular formula is C20H21N5O2. The number of ether oxygens (including phenoxy) is 1. The zero-order valence-corrected chi connectivity index (χ0v) is 15.5. The van der Waals surface area contributed by atoms with Gasteiger partial charge in [-0.25, -0.2) is 4.79 Å². The minimum absolute atomic E-state index is 0.359. The lowest BCUT2D eigenvalue weighted by Crippen LogP contribution is -2.05. The molecule has 27 heavy (non-hydrogen) atoms. The molecule has 0 fully saturated rings. The number of nitrogens with one attached hydrogen (secondary N) is 2. The van der Waals surface area contributed by atoms with Gasteiger partial charge in [0.2, 0.25) is 5.95 Å². The molecule has 1 aromatic heterocycles. The number of carbonyl (C=O) groups excluding carboxylic acids is 1. The third kappa shape index (κ3) is 4.38. The number of nitrogens with zero attached hydrogens (tertiary/aromatic N) is 3. The van der Waals surface area contributed by atoms with E-state index in [1.807, 2.05) is 6.07 Å². The van der Waals surface area contributed by atoms with Crippen LogP contribution in [0.5, 0.6) is 0 Å². The molecular weight excluding hydrogens is 342 g/mol. The van der Waals surface area contributed by atoms with Gasteiger partial charge in [-0.05, 0) is 48.7 Å². The highest BCUT2D eigenvalue weighted by Crippen LogP contribution is 2.24. The highest BCUT2D eigenvalue weighted by molar-refractivity contribution is 5.89. The zero-order chi connectivity index (χ0) is 19.2. The van der Waals surface area contributed by atoms with Crippen molar-refractivity contribution < 1.29 is 9.53 Å². The van der Waals surface area contributed by atoms with Crippen molar-refractivity contribution in [3.63, 3.8) is 0 Å². The summed E-state index contributed by atoms with van der Waals surface area (Å²) < 4.78 is 4.69. The van der Waals surface area contributed by atoms with Crippen LogP contribution in [0, 0.1) is 6.92 Å². The molecule has 0 saturated heterocycles. The van der Waals surface area contributed by atoms with Crippen LogP contribution < -0.4 is 10.6 Å². The van der Waals surface area contributed by atoms with Gasteiger partial charge in [0.25, 0.3) is 0 Å². The van der Waals surface area contributed by atoms with Crippen LogP contribution >= 0.6 is 0 Å². The largest absolute Gasteiger partial charge is 0.465 e. The van der Waals surface area contributed by atoms with Crippen molar-refractivity contribution >= 4 is 29.1 Å². The molecule has 0 unspecified atom stereocenters. The maximum atomic E-state index is 11.5. The first kappa shape index (κ1) is 18.3. The van der Waals surface area contributed by atoms with E-state index in [0.717, 1.165) is 23.4 Å². The van der Waals surface area contributed by atoms with Crippen LogP contribution in [0.15, 0.2) is 48.7 Å². The van der Waals surface area contributed by atoms with Crippen molar-refractivity contribution in [1.29, 1.82) is 0 Å². The second kappa shape index (κ2) is 8.27. The lowest BCUT2D eigenvalue weighted by molar-refractivity contribution is 0.0601. The lowest BCUT2D eigenvalue weighted by Gasteiger charge is -2.13. The van der Waals surface area contributed by atoms with Crippen LogP contribution in [0.2, 0.25) is 0 Å². The number of anilines is 4. The maximum absolute atomic E-state index is 11.5. The van der Waals surface area contributed by atoms with Crippen molar-refractivity contribution in [3.05, 3.63) is 65.4 Å². The summed E-state index contributed by atoms with van der Waals surface area (Å²) in [5.41, 5.74) is 4.60. The van der Waals surface area contributed by atoms with E-state index in [4.69, 9.17) is 4.74 Å². The van der Waals surface area contributed by atoms with Gasteiger partial charge in [-0.3, -0.25) is 0 Å². The Balaban J connectivity index is 1.77. The summed E-state index contributed by atoms with van der Waals surface area (Å²) in [6.07, 6.45) is 2.50. The Morgan fingerprint density at radius 1 is 1.11 bits per heavy atom. The SMILES string of the molecule is CCc1cccc(C)c1Nc1cnnc(Nc2ccc(C(=O)OC)cc2)n1. The van der Waals surface area contributed by atoms with E-state index in [0.29, 0.717) is 17.3 Å². The first-order valence-electron chi connectivity index (χ1n) is 8.61. The highest BCUT2D eigenvalue weighted by atomic mass is 16.5. The van der Waals surface area contributed by atoms with E-state index >= 15 is 0 Å². The number of aromatic nitrogens is 3. The molecule has 3 aromatic rings. The Morgan fingerprint density at radius 3 is 2.59 bits per heavy atom. The maximum Gasteiger partial charge on any atom is 0.337 e. The number of hydrogen-bond donors (Lipinski definition) is 2. The monoisotopic (exact) mass is 363 g/mol. The number of hydrogen-bond acceptors (Lipinski definition) is 7. The smallest absolute Gasteiger partial charge is 0.337 e. The summed E-state index contributed by atoms with van der Waals surface area (Å²) in [5.74, 6) is 0.579. The number of aryl methyl sites for hydroxylation is 2. The van der Waals surface area contributed by atoms with Gasteiger partial charge in [-0.2, -0.15) is 10.1 Å². The molecule has 7 nitrogen and oxygen atoms in total. The summed E-state index contributed by atoms with van der Waals surface area (Å²) in [6.45, 7) is 4.17. The van der Waals surface area contributed by atoms with Crippen LogP contribution in [0.1, 0.15) is 28.4 Å². The number of methoxy groups -OCH3 is 1. The van der Waals surface area contributed by atoms with E-state index in [-0.39, 0.29) is 5.97 Å². The van der Waals surface area contributed by atoms with Gasteiger partial charge < -0.3 is 15.4 Å². The molecule has 0 spiro atoms. The average Bonchev–Trinajstić information content (AvgIpc) is 2.70. The molecule has 0 amide bonds. The summed E-state index contributed by atoms with van der Waals surface area (Å²) in [7, 11) is 1.35. The van der Waals surface area contributed by atoms with Crippen LogP contribution in [0.3, 0.4) is 0 Å². The van der Waals surface area contributed by atoms with E-state index in [9.17, 15) is 4.79 Å². The quantitative estimate of drug-likeness (QED) is 0.639. The van der Waals surface area contributed by atoms with Crippen molar-refractivity contribution in [2.45, 2.75) is 20.3 Å². The Morgan fingerprint density at radius 2 is 1.89 bits per heavy atom. The van der Waals surface area contributed by atoms with Crippen LogP contribution in [-0.2, 0) is 11.2 Å². The van der Waals surface area contributed by atoms with E-state index < -0.39 is 0 Å². The third-order valence-corrected chi connectivity index (χ3v) is 4.11. The standard InChI is InChI=1S/C20H21N5O2/c1-4-14-7-5-6-13(2)18(14)23-17-12-21-25-20(24-17)22-16-10-8-15(9-11-16)19(26)27-3/h5-12H,4H2,1-3H3,(H2,22,23,24,25). The Bertz CT molecular complexity index is 941. The molecule has 3 rings (SSSR count). The van der Waals surface area contributed by atoms with Gasteiger partial charge in [-0.1, -0.05) is 25.1 Å². The van der Waals surface area contributed by atoms with Crippen molar-refractivity contribution in [1.82, 2.24) is 15.2 Å². The molecule has 7 heteroatoms. The van der Waals surface area contributed by atoms with E-state index in [1.54, 1.807) is 30.5 Å². The predicted octanol–water partition coefficient (Wildman–Crippen LogP) is 4.02. The van der Waals surface area contributed by atoms with E-state index in [2.05, 4.69) is 51.8 Å². The predicted molar refractivity (Wildman–Crippen MR) is 105 cm³/mol. The molecule has 0 atom stereocenters. The average molecular weight is 363 g/mol. The zero-order valence-electron chi connectivity index (χ0n) is 15.5. The summed E-state index contributed by atoms with van der Waals surface area (Å²) in [5, 5.41) is 14.4. The van der Waals surface area contributed by atoms with Gasteiger partial charge in [0.1, 0.15) is 0 Å². The second-order valence-corrected chi connectivity index (χ2v) is 5.95. The highest BCUT2D eigenvalue weighted by Gasteiger charge is 2.08. The van der Waals surface area contributed by atoms with Gasteiger partial charge in [0.15, 0.2) is 5.82 Å². The fourth-order valence-electron chi connectivity index (χ4n) is 2.68. The van der Waals surface area contributed by atoms with Gasteiger partial charge in [0, 0.05) is 11.4 Å². The number of carbonyl (C=O) groups is 1. The Labute approximate surface area is 157 Å². The van der Waals surface area contributed by atoms with Gasteiger partial charge in [-0.15, -0.1) is 5.10 Å². The van der Waals surface area contributed by atoms with Crippen LogP contribution in [0.25, 0.3) is 0 Å². The lowest BCUT2D eigenvalue weighted by atomic mass is 10.1.